The molecule has 112 valence electrons. The summed E-state index contributed by atoms with van der Waals surface area (Å²) in [5.74, 6) is -0.0291. The van der Waals surface area contributed by atoms with Crippen molar-refractivity contribution in [2.24, 2.45) is 10.2 Å². The number of nitrogens with one attached hydrogen (secondary N) is 3. The Morgan fingerprint density at radius 1 is 0.909 bits per heavy atom. The first kappa shape index (κ1) is 16.2. The van der Waals surface area contributed by atoms with Crippen molar-refractivity contribution in [3.63, 3.8) is 0 Å². The fourth-order valence-corrected chi connectivity index (χ4v) is 1.86. The molecule has 0 spiro atoms. The fraction of sp³-hybridized carbons (Fsp3) is 0. The highest BCUT2D eigenvalue weighted by atomic mass is 79.9. The molecule has 5 nitrogen and oxygen atoms in total. The summed E-state index contributed by atoms with van der Waals surface area (Å²) < 4.78 is 1.00. The maximum Gasteiger partial charge on any atom is 0.230 e. The van der Waals surface area contributed by atoms with Gasteiger partial charge in [-0.25, -0.2) is 10.9 Å². The molecule has 0 amide bonds. The lowest BCUT2D eigenvalue weighted by Gasteiger charge is -2.01. The lowest BCUT2D eigenvalue weighted by Crippen LogP contribution is -2.29. The second-order valence-corrected chi connectivity index (χ2v) is 5.57. The lowest BCUT2D eigenvalue weighted by molar-refractivity contribution is 0.893. The van der Waals surface area contributed by atoms with Gasteiger partial charge in [0.1, 0.15) is 0 Å². The zero-order chi connectivity index (χ0) is 15.8. The zero-order valence-electron chi connectivity index (χ0n) is 11.4. The standard InChI is InChI=1S/C15H13BrClN5/c16-13-5-1-11(2-6-13)9-19-21-15(18)22-20-10-12-3-7-14(17)8-4-12/h1-10H,(H3,18,21,22)/b19-9+,20-10+. The largest absolute Gasteiger partial charge is 0.266 e. The number of hydrazone groups is 2. The molecule has 3 N–H and O–H groups in total. The van der Waals surface area contributed by atoms with E-state index in [0.717, 1.165) is 15.6 Å². The summed E-state index contributed by atoms with van der Waals surface area (Å²) in [6.07, 6.45) is 3.20. The molecule has 2 rings (SSSR count). The van der Waals surface area contributed by atoms with Crippen molar-refractivity contribution >= 4 is 45.9 Å². The van der Waals surface area contributed by atoms with Crippen LogP contribution in [-0.4, -0.2) is 18.4 Å². The number of rotatable bonds is 4. The Bertz CT molecular complexity index is 621. The number of benzene rings is 2. The minimum absolute atomic E-state index is 0.0291. The molecule has 0 saturated heterocycles. The summed E-state index contributed by atoms with van der Waals surface area (Å²) in [4.78, 5) is 0. The predicted molar refractivity (Wildman–Crippen MR) is 94.8 cm³/mol. The van der Waals surface area contributed by atoms with E-state index in [4.69, 9.17) is 17.0 Å². The first-order chi connectivity index (χ1) is 10.6. The Hall–Kier alpha value is -2.18. The van der Waals surface area contributed by atoms with Crippen molar-refractivity contribution in [2.75, 3.05) is 0 Å². The molecule has 0 bridgehead atoms. The first-order valence-electron chi connectivity index (χ1n) is 6.31. The second-order valence-electron chi connectivity index (χ2n) is 4.22. The van der Waals surface area contributed by atoms with E-state index in [-0.39, 0.29) is 5.96 Å². The molecule has 0 unspecified atom stereocenters. The van der Waals surface area contributed by atoms with E-state index in [0.29, 0.717) is 5.02 Å². The minimum Gasteiger partial charge on any atom is -0.266 e. The first-order valence-corrected chi connectivity index (χ1v) is 7.48. The van der Waals surface area contributed by atoms with Crippen LogP contribution in [0.5, 0.6) is 0 Å². The van der Waals surface area contributed by atoms with Crippen LogP contribution in [0.25, 0.3) is 0 Å². The number of hydrogen-bond donors (Lipinski definition) is 3. The van der Waals surface area contributed by atoms with Crippen LogP contribution in [0.15, 0.2) is 63.2 Å². The summed E-state index contributed by atoms with van der Waals surface area (Å²) in [7, 11) is 0. The van der Waals surface area contributed by atoms with Crippen LogP contribution < -0.4 is 10.9 Å². The summed E-state index contributed by atoms with van der Waals surface area (Å²) in [6, 6.07) is 14.9. The second kappa shape index (κ2) is 8.31. The topological polar surface area (TPSA) is 72.6 Å². The molecule has 7 heteroatoms. The van der Waals surface area contributed by atoms with E-state index >= 15 is 0 Å². The number of nitrogens with zero attached hydrogens (tertiary/aromatic N) is 2. The van der Waals surface area contributed by atoms with Crippen LogP contribution in [0.3, 0.4) is 0 Å². The van der Waals surface area contributed by atoms with Crippen LogP contribution in [0, 0.1) is 5.41 Å². The maximum absolute atomic E-state index is 7.61. The SMILES string of the molecule is N=C(N/N=C/c1ccc(Cl)cc1)N/N=C/c1ccc(Br)cc1. The predicted octanol–water partition coefficient (Wildman–Crippen LogP) is 3.58. The van der Waals surface area contributed by atoms with Gasteiger partial charge in [0.25, 0.3) is 0 Å². The summed E-state index contributed by atoms with van der Waals surface area (Å²) >= 11 is 9.15. The molecule has 0 aromatic heterocycles. The molecule has 22 heavy (non-hydrogen) atoms. The normalized spacial score (nSPS) is 11.0. The van der Waals surface area contributed by atoms with Gasteiger partial charge in [-0.1, -0.05) is 51.8 Å². The van der Waals surface area contributed by atoms with Gasteiger partial charge >= 0.3 is 0 Å². The fourth-order valence-electron chi connectivity index (χ4n) is 1.47. The smallest absolute Gasteiger partial charge is 0.230 e. The van der Waals surface area contributed by atoms with Crippen LogP contribution >= 0.6 is 27.5 Å². The average Bonchev–Trinajstić information content (AvgIpc) is 2.51. The van der Waals surface area contributed by atoms with Crippen molar-refractivity contribution in [3.8, 4) is 0 Å². The van der Waals surface area contributed by atoms with E-state index in [9.17, 15) is 0 Å². The Balaban J connectivity index is 1.78. The van der Waals surface area contributed by atoms with Gasteiger partial charge < -0.3 is 0 Å². The highest BCUT2D eigenvalue weighted by Gasteiger charge is 1.92. The quantitative estimate of drug-likeness (QED) is 0.432. The van der Waals surface area contributed by atoms with E-state index in [1.165, 1.54) is 0 Å². The monoisotopic (exact) mass is 377 g/mol. The Morgan fingerprint density at radius 3 is 1.86 bits per heavy atom. The molecule has 0 saturated carbocycles. The number of halogens is 2. The van der Waals surface area contributed by atoms with Gasteiger partial charge in [-0.3, -0.25) is 5.41 Å². The number of hydrogen-bond acceptors (Lipinski definition) is 3. The van der Waals surface area contributed by atoms with Crippen molar-refractivity contribution in [1.82, 2.24) is 10.9 Å². The molecule has 0 radical (unpaired) electrons. The van der Waals surface area contributed by atoms with E-state index in [1.54, 1.807) is 24.6 Å². The van der Waals surface area contributed by atoms with Gasteiger partial charge in [0.15, 0.2) is 0 Å². The molecule has 0 heterocycles. The zero-order valence-corrected chi connectivity index (χ0v) is 13.8. The molecular weight excluding hydrogens is 366 g/mol. The van der Waals surface area contributed by atoms with Gasteiger partial charge in [-0.05, 0) is 35.4 Å². The summed E-state index contributed by atoms with van der Waals surface area (Å²) in [5, 5.41) is 16.1. The molecule has 0 fully saturated rings. The molecule has 2 aromatic carbocycles. The summed E-state index contributed by atoms with van der Waals surface area (Å²) in [5.41, 5.74) is 6.87. The number of guanidine groups is 1. The maximum atomic E-state index is 7.61. The van der Waals surface area contributed by atoms with Gasteiger partial charge in [0, 0.05) is 9.50 Å². The van der Waals surface area contributed by atoms with Crippen LogP contribution in [-0.2, 0) is 0 Å². The highest BCUT2D eigenvalue weighted by molar-refractivity contribution is 9.10. The van der Waals surface area contributed by atoms with Crippen LogP contribution in [0.2, 0.25) is 5.02 Å². The Labute approximate surface area is 141 Å². The highest BCUT2D eigenvalue weighted by Crippen LogP contribution is 2.09. The van der Waals surface area contributed by atoms with Gasteiger partial charge in [0.05, 0.1) is 12.4 Å². The Kier molecular flexibility index (Phi) is 6.12. The van der Waals surface area contributed by atoms with Gasteiger partial charge in [-0.15, -0.1) is 0 Å². The molecule has 0 aliphatic rings. The third kappa shape index (κ3) is 5.67. The van der Waals surface area contributed by atoms with Crippen molar-refractivity contribution in [2.45, 2.75) is 0 Å². The van der Waals surface area contributed by atoms with Crippen molar-refractivity contribution < 1.29 is 0 Å². The van der Waals surface area contributed by atoms with Crippen LogP contribution in [0.4, 0.5) is 0 Å². The molecule has 0 aliphatic heterocycles. The third-order valence-corrected chi connectivity index (χ3v) is 3.30. The lowest BCUT2D eigenvalue weighted by atomic mass is 10.2. The Morgan fingerprint density at radius 2 is 1.36 bits per heavy atom. The minimum atomic E-state index is -0.0291. The molecular formula is C15H13BrClN5. The van der Waals surface area contributed by atoms with E-state index < -0.39 is 0 Å². The molecule has 0 atom stereocenters. The molecule has 0 aliphatic carbocycles. The summed E-state index contributed by atoms with van der Waals surface area (Å²) in [6.45, 7) is 0. The van der Waals surface area contributed by atoms with Gasteiger partial charge in [0.2, 0.25) is 5.96 Å². The van der Waals surface area contributed by atoms with Crippen LogP contribution in [0.1, 0.15) is 11.1 Å². The van der Waals surface area contributed by atoms with E-state index in [2.05, 4.69) is 37.0 Å². The van der Waals surface area contributed by atoms with Crippen molar-refractivity contribution in [1.29, 1.82) is 5.41 Å². The molecule has 2 aromatic rings. The van der Waals surface area contributed by atoms with Gasteiger partial charge in [-0.2, -0.15) is 10.2 Å². The van der Waals surface area contributed by atoms with E-state index in [1.807, 2.05) is 36.4 Å². The van der Waals surface area contributed by atoms with Crippen molar-refractivity contribution in [3.05, 3.63) is 69.2 Å². The third-order valence-electron chi connectivity index (χ3n) is 2.52. The average molecular weight is 379 g/mol.